The van der Waals surface area contributed by atoms with Gasteiger partial charge in [-0.15, -0.1) is 0 Å². The van der Waals surface area contributed by atoms with E-state index in [-0.39, 0.29) is 33.9 Å². The maximum absolute atomic E-state index is 13.4. The summed E-state index contributed by atoms with van der Waals surface area (Å²) in [7, 11) is 0. The molecule has 0 radical (unpaired) electrons. The fraction of sp³-hybridized carbons (Fsp3) is 0. The summed E-state index contributed by atoms with van der Waals surface area (Å²) in [5, 5.41) is 19.8. The van der Waals surface area contributed by atoms with E-state index in [9.17, 15) is 39.0 Å². The van der Waals surface area contributed by atoms with Crippen molar-refractivity contribution in [2.75, 3.05) is 22.9 Å². The molecule has 0 heterocycles. The molecule has 0 amide bonds. The highest BCUT2D eigenvalue weighted by atomic mass is 16.6. The topological polar surface area (TPSA) is 265 Å². The summed E-state index contributed by atoms with van der Waals surface area (Å²) in [6, 6.07) is 13.9. The van der Waals surface area contributed by atoms with E-state index in [1.165, 1.54) is 36.4 Å². The van der Waals surface area contributed by atoms with Crippen LogP contribution < -0.4 is 22.9 Å². The molecule has 4 aromatic rings. The van der Waals surface area contributed by atoms with Crippen LogP contribution in [0.1, 0.15) is 62.1 Å². The first kappa shape index (κ1) is 30.3. The molecule has 0 saturated heterocycles. The Morgan fingerprint density at radius 3 is 1.07 bits per heavy atom. The van der Waals surface area contributed by atoms with Gasteiger partial charge in [0.25, 0.3) is 0 Å². The van der Waals surface area contributed by atoms with Crippen LogP contribution >= 0.6 is 0 Å². The second kappa shape index (κ2) is 12.0. The molecule has 44 heavy (non-hydrogen) atoms. The number of carboxylic acid groups (broad SMARTS) is 2. The third-order valence-corrected chi connectivity index (χ3v) is 6.08. The Labute approximate surface area is 247 Å². The normalized spacial score (nSPS) is 10.5. The zero-order chi connectivity index (χ0) is 32.3. The van der Waals surface area contributed by atoms with Gasteiger partial charge >= 0.3 is 35.8 Å². The molecule has 0 fully saturated rings. The maximum Gasteiger partial charge on any atom is 0.346 e. The summed E-state index contributed by atoms with van der Waals surface area (Å²) in [4.78, 5) is 76.8. The standard InChI is InChI=1S/C30H22N4O10/c31-15-7-13(8-16(32)11-15)27(39)43-29(41)21-5-2-6-22(30(42)44-28(40)14-9-17(33)12-18(34)10-14)24(21)23-19(25(35)36)3-1-4-20(23)26(37)38/h1-12H,31-34H2,(H,35,36)(H,37,38). The van der Waals surface area contributed by atoms with Crippen LogP contribution in [0, 0.1) is 0 Å². The average Bonchev–Trinajstić information content (AvgIpc) is 2.95. The van der Waals surface area contributed by atoms with E-state index in [1.807, 2.05) is 0 Å². The summed E-state index contributed by atoms with van der Waals surface area (Å²) in [6.07, 6.45) is 0. The Morgan fingerprint density at radius 2 is 0.750 bits per heavy atom. The van der Waals surface area contributed by atoms with Gasteiger partial charge in [0.15, 0.2) is 0 Å². The molecule has 0 unspecified atom stereocenters. The molecular formula is C30H22N4O10. The minimum absolute atomic E-state index is 0.0860. The summed E-state index contributed by atoms with van der Waals surface area (Å²) in [5.41, 5.74) is 19.0. The van der Waals surface area contributed by atoms with Gasteiger partial charge in [0.1, 0.15) is 0 Å². The van der Waals surface area contributed by atoms with Crippen LogP contribution in [0.5, 0.6) is 0 Å². The number of nitrogen functional groups attached to an aromatic ring is 4. The first-order valence-corrected chi connectivity index (χ1v) is 12.3. The molecule has 4 aromatic carbocycles. The van der Waals surface area contributed by atoms with E-state index in [0.717, 1.165) is 36.4 Å². The molecule has 14 heteroatoms. The third-order valence-electron chi connectivity index (χ3n) is 6.08. The van der Waals surface area contributed by atoms with Crippen molar-refractivity contribution >= 4 is 58.6 Å². The van der Waals surface area contributed by atoms with Crippen LogP contribution in [-0.2, 0) is 9.47 Å². The van der Waals surface area contributed by atoms with Crippen molar-refractivity contribution in [2.24, 2.45) is 0 Å². The average molecular weight is 599 g/mol. The van der Waals surface area contributed by atoms with Crippen molar-refractivity contribution in [1.29, 1.82) is 0 Å². The predicted molar refractivity (Wildman–Crippen MR) is 156 cm³/mol. The number of carboxylic acids is 2. The van der Waals surface area contributed by atoms with Crippen molar-refractivity contribution in [2.45, 2.75) is 0 Å². The van der Waals surface area contributed by atoms with Crippen molar-refractivity contribution in [3.8, 4) is 11.1 Å². The van der Waals surface area contributed by atoms with Gasteiger partial charge in [-0.25, -0.2) is 28.8 Å². The zero-order valence-electron chi connectivity index (χ0n) is 22.4. The number of ether oxygens (including phenoxy) is 2. The molecule has 0 aliphatic rings. The largest absolute Gasteiger partial charge is 0.478 e. The number of esters is 4. The molecule has 0 aliphatic heterocycles. The highest BCUT2D eigenvalue weighted by molar-refractivity contribution is 6.16. The van der Waals surface area contributed by atoms with Crippen LogP contribution in [0.2, 0.25) is 0 Å². The van der Waals surface area contributed by atoms with Gasteiger partial charge in [-0.3, -0.25) is 0 Å². The van der Waals surface area contributed by atoms with E-state index in [0.29, 0.717) is 0 Å². The second-order valence-corrected chi connectivity index (χ2v) is 9.20. The highest BCUT2D eigenvalue weighted by Gasteiger charge is 2.31. The summed E-state index contributed by atoms with van der Waals surface area (Å²) >= 11 is 0. The van der Waals surface area contributed by atoms with Gasteiger partial charge in [-0.05, 0) is 60.7 Å². The van der Waals surface area contributed by atoms with Crippen LogP contribution in [0.25, 0.3) is 11.1 Å². The Bertz CT molecular complexity index is 1730. The molecule has 0 saturated carbocycles. The monoisotopic (exact) mass is 598 g/mol. The number of benzene rings is 4. The fourth-order valence-corrected chi connectivity index (χ4v) is 4.32. The van der Waals surface area contributed by atoms with Crippen LogP contribution in [-0.4, -0.2) is 46.0 Å². The Kier molecular flexibility index (Phi) is 8.28. The minimum atomic E-state index is -1.62. The third kappa shape index (κ3) is 6.28. The minimum Gasteiger partial charge on any atom is -0.478 e. The number of hydrogen-bond donors (Lipinski definition) is 6. The van der Waals surface area contributed by atoms with Crippen LogP contribution in [0.4, 0.5) is 22.7 Å². The van der Waals surface area contributed by atoms with E-state index < -0.39 is 69.2 Å². The Morgan fingerprint density at radius 1 is 0.455 bits per heavy atom. The van der Waals surface area contributed by atoms with E-state index in [4.69, 9.17) is 32.4 Å². The van der Waals surface area contributed by atoms with Crippen molar-refractivity contribution < 1.29 is 48.5 Å². The molecule has 0 aliphatic carbocycles. The molecule has 0 bridgehead atoms. The van der Waals surface area contributed by atoms with Gasteiger partial charge in [0.2, 0.25) is 0 Å². The molecule has 4 rings (SSSR count). The molecule has 10 N–H and O–H groups in total. The number of rotatable bonds is 7. The van der Waals surface area contributed by atoms with Crippen molar-refractivity contribution in [1.82, 2.24) is 0 Å². The van der Waals surface area contributed by atoms with Crippen molar-refractivity contribution in [3.63, 3.8) is 0 Å². The summed E-state index contributed by atoms with van der Waals surface area (Å²) in [6.45, 7) is 0. The summed E-state index contributed by atoms with van der Waals surface area (Å²) < 4.78 is 9.95. The molecule has 0 aromatic heterocycles. The molecule has 0 spiro atoms. The smallest absolute Gasteiger partial charge is 0.346 e. The number of anilines is 4. The van der Waals surface area contributed by atoms with Crippen LogP contribution in [0.3, 0.4) is 0 Å². The van der Waals surface area contributed by atoms with Gasteiger partial charge in [0, 0.05) is 33.9 Å². The lowest BCUT2D eigenvalue weighted by Crippen LogP contribution is -2.19. The lowest BCUT2D eigenvalue weighted by Gasteiger charge is -2.17. The first-order valence-electron chi connectivity index (χ1n) is 12.3. The quantitative estimate of drug-likeness (QED) is 0.101. The van der Waals surface area contributed by atoms with E-state index in [1.54, 1.807) is 0 Å². The summed E-state index contributed by atoms with van der Waals surface area (Å²) in [5.74, 6) is -8.50. The van der Waals surface area contributed by atoms with Crippen LogP contribution in [0.15, 0.2) is 72.8 Å². The van der Waals surface area contributed by atoms with Gasteiger partial charge in [-0.1, -0.05) is 12.1 Å². The Balaban J connectivity index is 1.89. The van der Waals surface area contributed by atoms with E-state index >= 15 is 0 Å². The Hall–Kier alpha value is -6.70. The lowest BCUT2D eigenvalue weighted by atomic mass is 9.87. The van der Waals surface area contributed by atoms with Crippen molar-refractivity contribution in [3.05, 3.63) is 106 Å². The van der Waals surface area contributed by atoms with Gasteiger partial charge < -0.3 is 42.6 Å². The maximum atomic E-state index is 13.4. The second-order valence-electron chi connectivity index (χ2n) is 9.20. The predicted octanol–water partition coefficient (Wildman–Crippen LogP) is 3.07. The molecule has 222 valence electrons. The fourth-order valence-electron chi connectivity index (χ4n) is 4.32. The highest BCUT2D eigenvalue weighted by Crippen LogP contribution is 2.35. The lowest BCUT2D eigenvalue weighted by molar-refractivity contribution is 0.0386. The number of hydrogen-bond acceptors (Lipinski definition) is 12. The SMILES string of the molecule is Nc1cc(N)cc(C(=O)OC(=O)c2cccc(C(=O)OC(=O)c3cc(N)cc(N)c3)c2-c2c(C(=O)O)cccc2C(=O)O)c1. The van der Waals surface area contributed by atoms with Gasteiger partial charge in [0.05, 0.1) is 33.4 Å². The molecule has 0 atom stereocenters. The van der Waals surface area contributed by atoms with Gasteiger partial charge in [-0.2, -0.15) is 0 Å². The number of aromatic carboxylic acids is 2. The number of carbonyl (C=O) groups is 6. The van der Waals surface area contributed by atoms with E-state index in [2.05, 4.69) is 0 Å². The number of carbonyl (C=O) groups excluding carboxylic acids is 4. The number of nitrogens with two attached hydrogens (primary N) is 4. The molecular weight excluding hydrogens is 576 g/mol. The zero-order valence-corrected chi connectivity index (χ0v) is 22.4. The first-order chi connectivity index (χ1) is 20.8. The molecule has 14 nitrogen and oxygen atoms in total.